The van der Waals surface area contributed by atoms with Gasteiger partial charge in [0, 0.05) is 12.7 Å². The van der Waals surface area contributed by atoms with Crippen LogP contribution in [0.2, 0.25) is 0 Å². The Labute approximate surface area is 176 Å². The molecule has 1 aromatic rings. The molecule has 8 heteroatoms. The Bertz CT molecular complexity index is 883. The van der Waals surface area contributed by atoms with Crippen LogP contribution in [0.3, 0.4) is 0 Å². The lowest BCUT2D eigenvalue weighted by Gasteiger charge is -2.35. The molecule has 3 aliphatic heterocycles. The van der Waals surface area contributed by atoms with Crippen molar-refractivity contribution in [3.05, 3.63) is 29.3 Å². The van der Waals surface area contributed by atoms with Gasteiger partial charge in [0.25, 0.3) is 0 Å². The minimum absolute atomic E-state index is 0.243. The number of anilines is 1. The van der Waals surface area contributed by atoms with Gasteiger partial charge in [0.1, 0.15) is 11.6 Å². The van der Waals surface area contributed by atoms with E-state index < -0.39 is 29.5 Å². The molecule has 3 fully saturated rings. The molecule has 3 aliphatic rings. The molecule has 30 heavy (non-hydrogen) atoms. The number of carbonyl (C=O) groups is 3. The number of hydrogen-bond acceptors (Lipinski definition) is 5. The molecule has 0 saturated carbocycles. The third-order valence-corrected chi connectivity index (χ3v) is 7.00. The zero-order chi connectivity index (χ0) is 21.8. The van der Waals surface area contributed by atoms with Gasteiger partial charge in [-0.3, -0.25) is 14.4 Å². The van der Waals surface area contributed by atoms with Crippen LogP contribution in [0.5, 0.6) is 0 Å². The maximum atomic E-state index is 13.6. The SMILES string of the molecule is CNC(=O)[C@@H]1[C@H]2C(=O)N([C@H](C)CO)C(C(=O)Nc3c(C)cccc3C)C23CC[C@H]1O3. The third-order valence-electron chi connectivity index (χ3n) is 7.00. The second kappa shape index (κ2) is 7.35. The van der Waals surface area contributed by atoms with Crippen LogP contribution in [0.15, 0.2) is 18.2 Å². The van der Waals surface area contributed by atoms with Gasteiger partial charge in [0.15, 0.2) is 0 Å². The van der Waals surface area contributed by atoms with Crippen LogP contribution in [-0.4, -0.2) is 65.2 Å². The van der Waals surface area contributed by atoms with E-state index in [0.717, 1.165) is 11.1 Å². The molecule has 2 bridgehead atoms. The number of nitrogens with zero attached hydrogens (tertiary/aromatic N) is 1. The molecule has 8 nitrogen and oxygen atoms in total. The standard InChI is InChI=1S/C22H29N3O5/c1-11-6-5-7-12(2)17(11)24-20(28)18-22-9-8-14(30-22)15(19(27)23-4)16(22)21(29)25(18)13(3)10-26/h5-7,13-16,18,26H,8-10H2,1-4H3,(H,23,27)(H,24,28)/t13-,14-,15+,16+,18?,22?/m1/s1. The van der Waals surface area contributed by atoms with Crippen molar-refractivity contribution in [1.82, 2.24) is 10.2 Å². The summed E-state index contributed by atoms with van der Waals surface area (Å²) in [5.74, 6) is -2.23. The lowest BCUT2D eigenvalue weighted by atomic mass is 9.70. The summed E-state index contributed by atoms with van der Waals surface area (Å²) in [5.41, 5.74) is 1.50. The first-order valence-corrected chi connectivity index (χ1v) is 10.5. The second-order valence-electron chi connectivity index (χ2n) is 8.70. The molecule has 2 unspecified atom stereocenters. The first kappa shape index (κ1) is 20.8. The van der Waals surface area contributed by atoms with Gasteiger partial charge in [-0.1, -0.05) is 18.2 Å². The van der Waals surface area contributed by atoms with Gasteiger partial charge in [-0.25, -0.2) is 0 Å². The number of hydrogen-bond donors (Lipinski definition) is 3. The molecule has 3 saturated heterocycles. The average molecular weight is 415 g/mol. The summed E-state index contributed by atoms with van der Waals surface area (Å²) >= 11 is 0. The van der Waals surface area contributed by atoms with Crippen molar-refractivity contribution in [3.8, 4) is 0 Å². The summed E-state index contributed by atoms with van der Waals surface area (Å²) in [6.07, 6.45) is 0.776. The minimum Gasteiger partial charge on any atom is -0.394 e. The van der Waals surface area contributed by atoms with Crippen LogP contribution >= 0.6 is 0 Å². The fourth-order valence-corrected chi connectivity index (χ4v) is 5.62. The number of benzene rings is 1. The molecular formula is C22H29N3O5. The summed E-state index contributed by atoms with van der Waals surface area (Å²) in [7, 11) is 1.54. The van der Waals surface area contributed by atoms with Crippen molar-refractivity contribution in [2.45, 2.75) is 57.4 Å². The Hall–Kier alpha value is -2.45. The number of likely N-dealkylation sites (tertiary alicyclic amines) is 1. The van der Waals surface area contributed by atoms with Gasteiger partial charge in [0.05, 0.1) is 30.6 Å². The highest BCUT2D eigenvalue weighted by molar-refractivity contribution is 6.04. The molecule has 1 aromatic carbocycles. The highest BCUT2D eigenvalue weighted by atomic mass is 16.5. The first-order chi connectivity index (χ1) is 14.3. The lowest BCUT2D eigenvalue weighted by Crippen LogP contribution is -2.55. The molecule has 3 heterocycles. The molecule has 6 atom stereocenters. The summed E-state index contributed by atoms with van der Waals surface area (Å²) < 4.78 is 6.28. The Morgan fingerprint density at radius 2 is 1.97 bits per heavy atom. The van der Waals surface area contributed by atoms with Crippen LogP contribution < -0.4 is 10.6 Å². The molecule has 3 N–H and O–H groups in total. The van der Waals surface area contributed by atoms with Gasteiger partial charge >= 0.3 is 0 Å². The Kier molecular flexibility index (Phi) is 5.10. The van der Waals surface area contributed by atoms with Crippen LogP contribution in [-0.2, 0) is 19.1 Å². The van der Waals surface area contributed by atoms with Crippen molar-refractivity contribution in [1.29, 1.82) is 0 Å². The molecule has 1 spiro atoms. The van der Waals surface area contributed by atoms with Gasteiger partial charge < -0.3 is 25.4 Å². The highest BCUT2D eigenvalue weighted by Crippen LogP contribution is 2.58. The summed E-state index contributed by atoms with van der Waals surface area (Å²) in [6.45, 7) is 5.25. The molecule has 0 aromatic heterocycles. The predicted molar refractivity (Wildman–Crippen MR) is 110 cm³/mol. The highest BCUT2D eigenvalue weighted by Gasteiger charge is 2.74. The number of fused-ring (bicyclic) bond motifs is 1. The molecule has 0 radical (unpaired) electrons. The fourth-order valence-electron chi connectivity index (χ4n) is 5.62. The van der Waals surface area contributed by atoms with E-state index >= 15 is 0 Å². The molecule has 4 rings (SSSR count). The van der Waals surface area contributed by atoms with Crippen molar-refractivity contribution >= 4 is 23.4 Å². The van der Waals surface area contributed by atoms with Gasteiger partial charge in [-0.2, -0.15) is 0 Å². The fraction of sp³-hybridized carbons (Fsp3) is 0.591. The number of amides is 3. The number of para-hydroxylation sites is 1. The number of nitrogens with one attached hydrogen (secondary N) is 2. The Morgan fingerprint density at radius 1 is 1.30 bits per heavy atom. The molecular weight excluding hydrogens is 386 g/mol. The lowest BCUT2D eigenvalue weighted by molar-refractivity contribution is -0.143. The monoisotopic (exact) mass is 415 g/mol. The predicted octanol–water partition coefficient (Wildman–Crippen LogP) is 0.743. The average Bonchev–Trinajstić information content (AvgIpc) is 3.37. The van der Waals surface area contributed by atoms with Crippen LogP contribution in [0.4, 0.5) is 5.69 Å². The second-order valence-corrected chi connectivity index (χ2v) is 8.70. The number of rotatable bonds is 5. The third kappa shape index (κ3) is 2.77. The topological polar surface area (TPSA) is 108 Å². The Balaban J connectivity index is 1.76. The van der Waals surface area contributed by atoms with Gasteiger partial charge in [-0.15, -0.1) is 0 Å². The molecule has 162 valence electrons. The quantitative estimate of drug-likeness (QED) is 0.658. The largest absolute Gasteiger partial charge is 0.394 e. The van der Waals surface area contributed by atoms with E-state index in [2.05, 4.69) is 10.6 Å². The smallest absolute Gasteiger partial charge is 0.250 e. The first-order valence-electron chi connectivity index (χ1n) is 10.5. The summed E-state index contributed by atoms with van der Waals surface area (Å²) in [6, 6.07) is 4.27. The van der Waals surface area contributed by atoms with E-state index in [-0.39, 0.29) is 30.4 Å². The summed E-state index contributed by atoms with van der Waals surface area (Å²) in [4.78, 5) is 41.1. The van der Waals surface area contributed by atoms with Crippen molar-refractivity contribution in [2.75, 3.05) is 19.0 Å². The summed E-state index contributed by atoms with van der Waals surface area (Å²) in [5, 5.41) is 15.4. The van der Waals surface area contributed by atoms with Gasteiger partial charge in [0.2, 0.25) is 17.7 Å². The van der Waals surface area contributed by atoms with Crippen LogP contribution in [0.25, 0.3) is 0 Å². The van der Waals surface area contributed by atoms with E-state index in [1.165, 1.54) is 4.90 Å². The van der Waals surface area contributed by atoms with E-state index in [0.29, 0.717) is 18.5 Å². The number of aryl methyl sites for hydroxylation is 2. The van der Waals surface area contributed by atoms with Gasteiger partial charge in [-0.05, 0) is 44.7 Å². The number of carbonyl (C=O) groups excluding carboxylic acids is 3. The van der Waals surface area contributed by atoms with Crippen molar-refractivity contribution < 1.29 is 24.2 Å². The number of aliphatic hydroxyl groups is 1. The van der Waals surface area contributed by atoms with E-state index in [9.17, 15) is 19.5 Å². The zero-order valence-corrected chi connectivity index (χ0v) is 17.8. The maximum absolute atomic E-state index is 13.6. The van der Waals surface area contributed by atoms with Crippen molar-refractivity contribution in [3.63, 3.8) is 0 Å². The van der Waals surface area contributed by atoms with E-state index in [1.54, 1.807) is 14.0 Å². The maximum Gasteiger partial charge on any atom is 0.250 e. The van der Waals surface area contributed by atoms with Crippen LogP contribution in [0, 0.1) is 25.7 Å². The van der Waals surface area contributed by atoms with Crippen LogP contribution in [0.1, 0.15) is 30.9 Å². The molecule has 3 amide bonds. The minimum atomic E-state index is -1.05. The normalized spacial score (nSPS) is 32.8. The van der Waals surface area contributed by atoms with E-state index in [1.807, 2.05) is 32.0 Å². The number of ether oxygens (including phenoxy) is 1. The van der Waals surface area contributed by atoms with E-state index in [4.69, 9.17) is 4.74 Å². The zero-order valence-electron chi connectivity index (χ0n) is 17.8. The van der Waals surface area contributed by atoms with Crippen molar-refractivity contribution in [2.24, 2.45) is 11.8 Å². The molecule has 0 aliphatic carbocycles. The Morgan fingerprint density at radius 3 is 2.57 bits per heavy atom. The number of aliphatic hydroxyl groups excluding tert-OH is 1.